The van der Waals surface area contributed by atoms with Gasteiger partial charge in [0.15, 0.2) is 0 Å². The Kier molecular flexibility index (Phi) is 18.0. The predicted octanol–water partition coefficient (Wildman–Crippen LogP) is 2.67. The zero-order valence-corrected chi connectivity index (χ0v) is 16.4. The summed E-state index contributed by atoms with van der Waals surface area (Å²) < 4.78 is 26.2. The van der Waals surface area contributed by atoms with Gasteiger partial charge in [-0.1, -0.05) is 12.2 Å². The van der Waals surface area contributed by atoms with Crippen molar-refractivity contribution in [3.63, 3.8) is 0 Å². The Labute approximate surface area is 162 Å². The lowest BCUT2D eigenvalue weighted by atomic mass is 9.96. The molecule has 0 saturated carbocycles. The van der Waals surface area contributed by atoms with Crippen LogP contribution in [0.15, 0.2) is 49.4 Å². The van der Waals surface area contributed by atoms with Crippen LogP contribution in [0.3, 0.4) is 0 Å². The van der Waals surface area contributed by atoms with Gasteiger partial charge in [-0.3, -0.25) is 0 Å². The molecular formula is C20H34O7. The van der Waals surface area contributed by atoms with Crippen molar-refractivity contribution in [1.29, 1.82) is 0 Å². The Morgan fingerprint density at radius 1 is 0.704 bits per heavy atom. The number of hydrogen-bond donors (Lipinski definition) is 2. The first kappa shape index (κ1) is 25.4. The zero-order chi connectivity index (χ0) is 20.1. The van der Waals surface area contributed by atoms with Crippen LogP contribution in [0, 0.1) is 0 Å². The second kappa shape index (κ2) is 19.1. The molecule has 0 bridgehead atoms. The molecule has 0 fully saturated rings. The van der Waals surface area contributed by atoms with Gasteiger partial charge in [0, 0.05) is 0 Å². The number of aliphatic hydroxyl groups excluding tert-OH is 1. The van der Waals surface area contributed by atoms with Crippen molar-refractivity contribution in [1.82, 2.24) is 0 Å². The lowest BCUT2D eigenvalue weighted by molar-refractivity contribution is -0.0586. The lowest BCUT2D eigenvalue weighted by Gasteiger charge is -2.25. The van der Waals surface area contributed by atoms with Crippen molar-refractivity contribution >= 4 is 0 Å². The fraction of sp³-hybridized carbons (Fsp3) is 0.600. The Morgan fingerprint density at radius 2 is 1.19 bits per heavy atom. The summed E-state index contributed by atoms with van der Waals surface area (Å²) in [6.45, 7) is 5.80. The predicted molar refractivity (Wildman–Crippen MR) is 104 cm³/mol. The molecule has 0 aliphatic carbocycles. The lowest BCUT2D eigenvalue weighted by Crippen LogP contribution is -2.34. The highest BCUT2D eigenvalue weighted by atomic mass is 16.5. The van der Waals surface area contributed by atoms with Crippen LogP contribution in [0.5, 0.6) is 0 Å². The Bertz CT molecular complexity index is 404. The molecule has 7 nitrogen and oxygen atoms in total. The van der Waals surface area contributed by atoms with E-state index in [9.17, 15) is 5.11 Å². The van der Waals surface area contributed by atoms with Gasteiger partial charge in [0.05, 0.1) is 76.9 Å². The monoisotopic (exact) mass is 386 g/mol. The minimum absolute atomic E-state index is 0.00410. The van der Waals surface area contributed by atoms with Crippen LogP contribution >= 0.6 is 0 Å². The van der Waals surface area contributed by atoms with E-state index in [-0.39, 0.29) is 13.2 Å². The van der Waals surface area contributed by atoms with E-state index < -0.39 is 5.60 Å². The maximum Gasteiger partial charge on any atom is 0.0950 e. The molecule has 0 aliphatic heterocycles. The van der Waals surface area contributed by atoms with E-state index in [0.717, 1.165) is 0 Å². The largest absolute Gasteiger partial charge is 0.473 e. The molecule has 0 aromatic heterocycles. The van der Waals surface area contributed by atoms with E-state index in [1.54, 1.807) is 36.8 Å². The summed E-state index contributed by atoms with van der Waals surface area (Å²) >= 11 is 0. The highest BCUT2D eigenvalue weighted by molar-refractivity contribution is 4.95. The van der Waals surface area contributed by atoms with Crippen LogP contribution in [0.25, 0.3) is 0 Å². The number of allylic oxidation sites excluding steroid dienone is 2. The molecule has 0 unspecified atom stereocenters. The van der Waals surface area contributed by atoms with Gasteiger partial charge >= 0.3 is 0 Å². The van der Waals surface area contributed by atoms with Crippen molar-refractivity contribution < 1.29 is 33.9 Å². The molecule has 0 saturated heterocycles. The molecule has 0 radical (unpaired) electrons. The molecule has 7 heteroatoms. The van der Waals surface area contributed by atoms with E-state index in [4.69, 9.17) is 28.8 Å². The van der Waals surface area contributed by atoms with Crippen molar-refractivity contribution in [2.24, 2.45) is 0 Å². The summed E-state index contributed by atoms with van der Waals surface area (Å²) in [5.74, 6) is 0. The van der Waals surface area contributed by atoms with Gasteiger partial charge in [-0.05, 0) is 38.8 Å². The summed E-state index contributed by atoms with van der Waals surface area (Å²) in [4.78, 5) is 0. The molecule has 27 heavy (non-hydrogen) atoms. The van der Waals surface area contributed by atoms with Crippen LogP contribution in [0.1, 0.15) is 26.7 Å². The average Bonchev–Trinajstić information content (AvgIpc) is 2.66. The maximum atomic E-state index is 10.8. The molecule has 0 atom stereocenters. The van der Waals surface area contributed by atoms with E-state index in [1.807, 2.05) is 13.8 Å². The molecular weight excluding hydrogens is 352 g/mol. The second-order valence-corrected chi connectivity index (χ2v) is 5.59. The van der Waals surface area contributed by atoms with Crippen LogP contribution in [-0.2, 0) is 23.7 Å². The van der Waals surface area contributed by atoms with Crippen LogP contribution in [-0.4, -0.2) is 62.1 Å². The van der Waals surface area contributed by atoms with Crippen LogP contribution < -0.4 is 0 Å². The van der Waals surface area contributed by atoms with Gasteiger partial charge < -0.3 is 33.9 Å². The van der Waals surface area contributed by atoms with E-state index in [2.05, 4.69) is 0 Å². The average molecular weight is 386 g/mol. The topological polar surface area (TPSA) is 86.6 Å². The summed E-state index contributed by atoms with van der Waals surface area (Å²) in [6.07, 6.45) is 13.9. The Hall–Kier alpha value is -1.64. The van der Waals surface area contributed by atoms with Gasteiger partial charge in [0.1, 0.15) is 0 Å². The van der Waals surface area contributed by atoms with Crippen LogP contribution in [0.4, 0.5) is 0 Å². The van der Waals surface area contributed by atoms with Crippen molar-refractivity contribution in [3.05, 3.63) is 49.4 Å². The van der Waals surface area contributed by atoms with Gasteiger partial charge in [-0.15, -0.1) is 0 Å². The highest BCUT2D eigenvalue weighted by Crippen LogP contribution is 2.18. The summed E-state index contributed by atoms with van der Waals surface area (Å²) in [7, 11) is 0. The fourth-order valence-corrected chi connectivity index (χ4v) is 1.86. The van der Waals surface area contributed by atoms with E-state index in [1.165, 1.54) is 12.5 Å². The SMILES string of the molecule is CC=COC=CCC(O)(CC=COC=CC)COCCOCCOCCO. The van der Waals surface area contributed by atoms with Gasteiger partial charge in [-0.25, -0.2) is 0 Å². The number of rotatable bonds is 18. The van der Waals surface area contributed by atoms with Crippen molar-refractivity contribution in [3.8, 4) is 0 Å². The zero-order valence-electron chi connectivity index (χ0n) is 16.4. The van der Waals surface area contributed by atoms with E-state index >= 15 is 0 Å². The molecule has 0 heterocycles. The maximum absolute atomic E-state index is 10.8. The molecule has 0 amide bonds. The summed E-state index contributed by atoms with van der Waals surface area (Å²) in [5.41, 5.74) is -1.07. The van der Waals surface area contributed by atoms with Crippen LogP contribution in [0.2, 0.25) is 0 Å². The smallest absolute Gasteiger partial charge is 0.0950 e. The third-order valence-electron chi connectivity index (χ3n) is 3.12. The normalized spacial score (nSPS) is 14.7. The minimum atomic E-state index is -1.07. The molecule has 156 valence electrons. The van der Waals surface area contributed by atoms with Crippen molar-refractivity contribution in [2.75, 3.05) is 46.2 Å². The third-order valence-corrected chi connectivity index (χ3v) is 3.12. The molecule has 0 aromatic rings. The molecule has 0 aliphatic rings. The highest BCUT2D eigenvalue weighted by Gasteiger charge is 2.24. The van der Waals surface area contributed by atoms with Gasteiger partial charge in [0.25, 0.3) is 0 Å². The molecule has 0 spiro atoms. The Morgan fingerprint density at radius 3 is 1.67 bits per heavy atom. The van der Waals surface area contributed by atoms with Gasteiger partial charge in [0.2, 0.25) is 0 Å². The quantitative estimate of drug-likeness (QED) is 0.277. The first-order valence-corrected chi connectivity index (χ1v) is 9.08. The standard InChI is InChI=1S/C20H34O7/c1-3-10-23-12-5-7-20(22,8-6-13-24-11-4-2)19-27-18-17-26-16-15-25-14-9-21/h3-6,10-13,21-22H,7-9,14-19H2,1-2H3. The first-order valence-electron chi connectivity index (χ1n) is 9.08. The summed E-state index contributed by atoms with van der Waals surface area (Å²) in [5, 5.41) is 19.3. The number of aliphatic hydroxyl groups is 2. The molecule has 0 aromatic carbocycles. The van der Waals surface area contributed by atoms with Crippen molar-refractivity contribution in [2.45, 2.75) is 32.3 Å². The first-order chi connectivity index (χ1) is 13.2. The number of hydrogen-bond acceptors (Lipinski definition) is 7. The summed E-state index contributed by atoms with van der Waals surface area (Å²) in [6, 6.07) is 0. The van der Waals surface area contributed by atoms with E-state index in [0.29, 0.717) is 45.9 Å². The molecule has 0 rings (SSSR count). The van der Waals surface area contributed by atoms with Gasteiger partial charge in [-0.2, -0.15) is 0 Å². The fourth-order valence-electron chi connectivity index (χ4n) is 1.86. The Balaban J connectivity index is 4.19. The minimum Gasteiger partial charge on any atom is -0.473 e. The molecule has 2 N–H and O–H groups in total. The second-order valence-electron chi connectivity index (χ2n) is 5.59. The third kappa shape index (κ3) is 17.5. The number of ether oxygens (including phenoxy) is 5.